The fraction of sp³-hybridized carbons (Fsp3) is 0.217. The minimum absolute atomic E-state index is 0.134. The average Bonchev–Trinajstić information content (AvgIpc) is 2.81. The summed E-state index contributed by atoms with van der Waals surface area (Å²) >= 11 is 0. The Hall–Kier alpha value is -3.04. The largest absolute Gasteiger partial charge is 0.497 e. The predicted octanol–water partition coefficient (Wildman–Crippen LogP) is 3.49. The Kier molecular flexibility index (Phi) is 7.07. The number of methoxy groups -OCH3 is 1. The number of aryl methyl sites for hydroxylation is 3. The van der Waals surface area contributed by atoms with Crippen molar-refractivity contribution in [2.24, 2.45) is 0 Å². The molecule has 0 bridgehead atoms. The molecule has 2 atom stereocenters. The number of aliphatic hydroxyl groups is 1. The van der Waals surface area contributed by atoms with Gasteiger partial charge in [0.2, 0.25) is 0 Å². The zero-order chi connectivity index (χ0) is 26.3. The van der Waals surface area contributed by atoms with E-state index >= 15 is 0 Å². The number of benzene rings is 2. The van der Waals surface area contributed by atoms with E-state index in [-0.39, 0.29) is 11.6 Å². The molecule has 11 nitrogen and oxygen atoms in total. The van der Waals surface area contributed by atoms with Gasteiger partial charge in [0.15, 0.2) is 5.82 Å². The van der Waals surface area contributed by atoms with Crippen molar-refractivity contribution < 1.29 is 38.2 Å². The molecule has 0 saturated heterocycles. The maximum absolute atomic E-state index is 12.2. The van der Waals surface area contributed by atoms with Crippen molar-refractivity contribution in [3.8, 4) is 11.5 Å². The number of aromatic nitrogens is 2. The number of fused-ring (bicyclic) bond motifs is 3. The molecule has 13 heteroatoms. The van der Waals surface area contributed by atoms with E-state index < -0.39 is 20.8 Å². The summed E-state index contributed by atoms with van der Waals surface area (Å²) in [7, 11) is -8.76. The van der Waals surface area contributed by atoms with E-state index in [4.69, 9.17) is 24.8 Å². The highest BCUT2D eigenvalue weighted by Gasteiger charge is 2.45. The second-order valence-electron chi connectivity index (χ2n) is 8.30. The molecular formula is C23H25N3O8P2. The Morgan fingerprint density at radius 2 is 1.72 bits per heavy atom. The number of hydrogen-bond donors (Lipinski definition) is 5. The van der Waals surface area contributed by atoms with E-state index in [9.17, 15) is 19.1 Å². The zero-order valence-electron chi connectivity index (χ0n) is 19.4. The van der Waals surface area contributed by atoms with Crippen molar-refractivity contribution >= 4 is 42.8 Å². The van der Waals surface area contributed by atoms with E-state index in [1.54, 1.807) is 19.4 Å². The third-order valence-electron chi connectivity index (χ3n) is 5.75. The van der Waals surface area contributed by atoms with Crippen LogP contribution in [-0.4, -0.2) is 42.5 Å². The van der Waals surface area contributed by atoms with Crippen molar-refractivity contribution in [3.63, 3.8) is 0 Å². The molecule has 4 rings (SSSR count). The van der Waals surface area contributed by atoms with Crippen LogP contribution in [0.15, 0.2) is 48.7 Å². The average molecular weight is 533 g/mol. The molecule has 0 saturated carbocycles. The third kappa shape index (κ3) is 5.37. The lowest BCUT2D eigenvalue weighted by Gasteiger charge is -2.19. The fourth-order valence-corrected chi connectivity index (χ4v) is 6.04. The molecule has 2 aromatic carbocycles. The van der Waals surface area contributed by atoms with Crippen LogP contribution in [-0.2, 0) is 22.0 Å². The van der Waals surface area contributed by atoms with Crippen LogP contribution in [0.3, 0.4) is 0 Å². The van der Waals surface area contributed by atoms with Crippen LogP contribution >= 0.6 is 15.2 Å². The first-order chi connectivity index (χ1) is 16.9. The van der Waals surface area contributed by atoms with Crippen LogP contribution in [0.2, 0.25) is 0 Å². The number of pyridine rings is 2. The number of ether oxygens (including phenoxy) is 1. The Labute approximate surface area is 206 Å². The topological polar surface area (TPSA) is 185 Å². The normalized spacial score (nSPS) is 14.5. The van der Waals surface area contributed by atoms with Crippen LogP contribution in [0.25, 0.3) is 21.8 Å². The number of aliphatic hydroxyl groups excluding tert-OH is 1. The molecular weight excluding hydrogens is 508 g/mol. The molecule has 0 spiro atoms. The first-order valence-electron chi connectivity index (χ1n) is 10.8. The molecule has 0 aliphatic heterocycles. The fourth-order valence-electron chi connectivity index (χ4n) is 3.87. The standard InChI is InChI=1S/C23H25N3O8P2/c1-13-9-16(33-2)6-5-15(13)4-3-14-10-19-18-8-7-17(34-36(31,32)23(27)35(28,29)30)11-20(18)26-22(24)21(19)25-12-14/h5-12,23,27H,3-4H2,1-2H3,(H2,24,26)(H,31,32)(H2,28,29,30). The van der Waals surface area contributed by atoms with Gasteiger partial charge >= 0.3 is 15.2 Å². The predicted molar refractivity (Wildman–Crippen MR) is 135 cm³/mol. The van der Waals surface area contributed by atoms with Crippen LogP contribution in [0.4, 0.5) is 5.82 Å². The molecule has 4 aromatic rings. The van der Waals surface area contributed by atoms with Gasteiger partial charge in [0, 0.05) is 23.0 Å². The summed E-state index contributed by atoms with van der Waals surface area (Å²) in [5, 5.41) is 10.9. The summed E-state index contributed by atoms with van der Waals surface area (Å²) in [6.45, 7) is 2.03. The Bertz CT molecular complexity index is 1560. The van der Waals surface area contributed by atoms with Crippen LogP contribution in [0.5, 0.6) is 11.5 Å². The Balaban J connectivity index is 1.65. The highest BCUT2D eigenvalue weighted by atomic mass is 31.2. The van der Waals surface area contributed by atoms with Gasteiger partial charge < -0.3 is 34.8 Å². The van der Waals surface area contributed by atoms with E-state index in [0.29, 0.717) is 16.4 Å². The minimum Gasteiger partial charge on any atom is -0.497 e. The quantitative estimate of drug-likeness (QED) is 0.165. The van der Waals surface area contributed by atoms with Gasteiger partial charge in [-0.05, 0) is 66.8 Å². The van der Waals surface area contributed by atoms with Gasteiger partial charge in [-0.15, -0.1) is 0 Å². The molecule has 2 unspecified atom stereocenters. The molecule has 0 aliphatic carbocycles. The van der Waals surface area contributed by atoms with Crippen molar-refractivity contribution in [2.75, 3.05) is 12.8 Å². The number of rotatable bonds is 8. The lowest BCUT2D eigenvalue weighted by molar-refractivity contribution is 0.223. The summed E-state index contributed by atoms with van der Waals surface area (Å²) in [4.78, 5) is 36.6. The summed E-state index contributed by atoms with van der Waals surface area (Å²) in [5.41, 5.74) is 7.29. The molecule has 0 radical (unpaired) electrons. The molecule has 36 heavy (non-hydrogen) atoms. The lowest BCUT2D eigenvalue weighted by Crippen LogP contribution is -2.12. The number of hydrogen-bond acceptors (Lipinski definition) is 8. The lowest BCUT2D eigenvalue weighted by atomic mass is 9.99. The van der Waals surface area contributed by atoms with Crippen LogP contribution in [0.1, 0.15) is 16.7 Å². The first kappa shape index (κ1) is 26.0. The van der Waals surface area contributed by atoms with Gasteiger partial charge in [0.05, 0.1) is 12.6 Å². The summed E-state index contributed by atoms with van der Waals surface area (Å²) < 4.78 is 33.5. The van der Waals surface area contributed by atoms with E-state index in [1.165, 1.54) is 17.7 Å². The number of nitrogens with two attached hydrogens (primary N) is 1. The molecule has 6 N–H and O–H groups in total. The summed E-state index contributed by atoms with van der Waals surface area (Å²) in [5.74, 6) is 0.719. The highest BCUT2D eigenvalue weighted by molar-refractivity contribution is 7.71. The van der Waals surface area contributed by atoms with Gasteiger partial charge in [-0.3, -0.25) is 9.55 Å². The van der Waals surface area contributed by atoms with E-state index in [0.717, 1.165) is 35.1 Å². The van der Waals surface area contributed by atoms with Crippen LogP contribution in [0, 0.1) is 6.92 Å². The number of anilines is 1. The monoisotopic (exact) mass is 533 g/mol. The van der Waals surface area contributed by atoms with Crippen molar-refractivity contribution in [2.45, 2.75) is 25.4 Å². The molecule has 0 amide bonds. The molecule has 0 fully saturated rings. The number of nitrogen functional groups attached to an aromatic ring is 1. The Morgan fingerprint density at radius 3 is 2.39 bits per heavy atom. The van der Waals surface area contributed by atoms with Gasteiger partial charge in [-0.25, -0.2) is 9.55 Å². The van der Waals surface area contributed by atoms with Gasteiger partial charge in [0.1, 0.15) is 17.0 Å². The highest BCUT2D eigenvalue weighted by Crippen LogP contribution is 2.61. The first-order valence-corrected chi connectivity index (χ1v) is 14.1. The zero-order valence-corrected chi connectivity index (χ0v) is 21.2. The maximum Gasteiger partial charge on any atom is 0.417 e. The third-order valence-corrected chi connectivity index (χ3v) is 9.18. The number of nitrogens with zero attached hydrogens (tertiary/aromatic N) is 2. The maximum atomic E-state index is 12.2. The second kappa shape index (κ2) is 9.78. The van der Waals surface area contributed by atoms with Gasteiger partial charge in [-0.2, -0.15) is 0 Å². The second-order valence-corrected chi connectivity index (χ2v) is 12.2. The SMILES string of the molecule is COc1ccc(CCc2cnc3c(N)nc4cc(OP(=O)(O)C(O)P(=O)(O)O)ccc4c3c2)c(C)c1. The summed E-state index contributed by atoms with van der Waals surface area (Å²) in [6.07, 6.45) is 3.25. The van der Waals surface area contributed by atoms with Gasteiger partial charge in [0.25, 0.3) is 5.59 Å². The van der Waals surface area contributed by atoms with E-state index in [2.05, 4.69) is 9.97 Å². The summed E-state index contributed by atoms with van der Waals surface area (Å²) in [6, 6.07) is 12.1. The smallest absolute Gasteiger partial charge is 0.417 e. The molecule has 0 aliphatic rings. The van der Waals surface area contributed by atoms with Crippen molar-refractivity contribution in [1.29, 1.82) is 0 Å². The molecule has 2 aromatic heterocycles. The van der Waals surface area contributed by atoms with Crippen LogP contribution < -0.4 is 15.0 Å². The molecule has 2 heterocycles. The minimum atomic E-state index is -5.28. The van der Waals surface area contributed by atoms with Gasteiger partial charge in [-0.1, -0.05) is 6.07 Å². The van der Waals surface area contributed by atoms with Crippen molar-refractivity contribution in [1.82, 2.24) is 9.97 Å². The van der Waals surface area contributed by atoms with E-state index in [1.807, 2.05) is 31.2 Å². The van der Waals surface area contributed by atoms with Crippen molar-refractivity contribution in [3.05, 3.63) is 65.4 Å². The Morgan fingerprint density at radius 1 is 1.00 bits per heavy atom. The molecule has 190 valence electrons.